The van der Waals surface area contributed by atoms with Gasteiger partial charge in [0.25, 0.3) is 0 Å². The van der Waals surface area contributed by atoms with Crippen molar-refractivity contribution in [2.24, 2.45) is 0 Å². The highest BCUT2D eigenvalue weighted by atomic mass is 16.5. The maximum Gasteiger partial charge on any atom is 0.327 e. The van der Waals surface area contributed by atoms with Crippen LogP contribution in [0.2, 0.25) is 0 Å². The lowest BCUT2D eigenvalue weighted by Crippen LogP contribution is -2.41. The second-order valence-electron chi connectivity index (χ2n) is 4.27. The number of aliphatic carboxylic acids is 1. The van der Waals surface area contributed by atoms with Gasteiger partial charge in [0, 0.05) is 31.0 Å². The van der Waals surface area contributed by atoms with Crippen LogP contribution in [0.15, 0.2) is 12.1 Å². The van der Waals surface area contributed by atoms with Gasteiger partial charge in [0.1, 0.15) is 17.5 Å². The van der Waals surface area contributed by atoms with Crippen molar-refractivity contribution in [3.63, 3.8) is 0 Å². The van der Waals surface area contributed by atoms with Gasteiger partial charge < -0.3 is 14.6 Å². The Morgan fingerprint density at radius 3 is 2.47 bits per heavy atom. The van der Waals surface area contributed by atoms with Crippen molar-refractivity contribution in [3.8, 4) is 11.5 Å². The molecule has 1 aromatic carbocycles. The lowest BCUT2D eigenvalue weighted by atomic mass is 10.1. The lowest BCUT2D eigenvalue weighted by molar-refractivity contribution is -0.139. The largest absolute Gasteiger partial charge is 0.497 e. The summed E-state index contributed by atoms with van der Waals surface area (Å²) < 4.78 is 10.4. The first kappa shape index (κ1) is 13.2. The molecule has 1 unspecified atom stereocenters. The highest BCUT2D eigenvalue weighted by molar-refractivity contribution is 6.01. The van der Waals surface area contributed by atoms with Crippen molar-refractivity contribution < 1.29 is 24.2 Å². The molecule has 6 nitrogen and oxygen atoms in total. The standard InChI is InChI=1S/C13H15NO5/c1-7(15)14-10-4-8(18-2)5-12(19-3)9(10)6-11(14)13(16)17/h4-5,11H,6H2,1-3H3,(H,16,17). The molecule has 1 aliphatic rings. The number of anilines is 1. The fourth-order valence-corrected chi connectivity index (χ4v) is 2.37. The number of methoxy groups -OCH3 is 2. The zero-order valence-corrected chi connectivity index (χ0v) is 11.0. The molecule has 1 atom stereocenters. The number of carbonyl (C=O) groups is 2. The molecule has 19 heavy (non-hydrogen) atoms. The van der Waals surface area contributed by atoms with Crippen molar-refractivity contribution >= 4 is 17.6 Å². The number of amides is 1. The van der Waals surface area contributed by atoms with Crippen LogP contribution in [-0.2, 0) is 16.0 Å². The van der Waals surface area contributed by atoms with Crippen molar-refractivity contribution in [2.75, 3.05) is 19.1 Å². The number of carbonyl (C=O) groups excluding carboxylic acids is 1. The predicted molar refractivity (Wildman–Crippen MR) is 67.8 cm³/mol. The smallest absolute Gasteiger partial charge is 0.327 e. The average Bonchev–Trinajstić information content (AvgIpc) is 2.76. The van der Waals surface area contributed by atoms with Crippen LogP contribution in [0.5, 0.6) is 11.5 Å². The van der Waals surface area contributed by atoms with E-state index in [1.165, 1.54) is 26.0 Å². The van der Waals surface area contributed by atoms with Crippen LogP contribution in [-0.4, -0.2) is 37.2 Å². The third-order valence-electron chi connectivity index (χ3n) is 3.21. The second-order valence-corrected chi connectivity index (χ2v) is 4.27. The Hall–Kier alpha value is -2.24. The van der Waals surface area contributed by atoms with Gasteiger partial charge in [-0.05, 0) is 0 Å². The predicted octanol–water partition coefficient (Wildman–Crippen LogP) is 1.07. The molecular weight excluding hydrogens is 250 g/mol. The zero-order valence-electron chi connectivity index (χ0n) is 11.0. The molecule has 0 spiro atoms. The highest BCUT2D eigenvalue weighted by Gasteiger charge is 2.39. The lowest BCUT2D eigenvalue weighted by Gasteiger charge is -2.21. The Morgan fingerprint density at radius 1 is 1.32 bits per heavy atom. The third-order valence-corrected chi connectivity index (χ3v) is 3.21. The van der Waals surface area contributed by atoms with Gasteiger partial charge in [-0.1, -0.05) is 0 Å². The summed E-state index contributed by atoms with van der Waals surface area (Å²) in [6.45, 7) is 1.34. The molecule has 1 heterocycles. The van der Waals surface area contributed by atoms with E-state index in [4.69, 9.17) is 9.47 Å². The maximum absolute atomic E-state index is 11.7. The van der Waals surface area contributed by atoms with Crippen LogP contribution < -0.4 is 14.4 Å². The van der Waals surface area contributed by atoms with E-state index in [0.29, 0.717) is 22.7 Å². The number of benzene rings is 1. The van der Waals surface area contributed by atoms with E-state index in [2.05, 4.69) is 0 Å². The molecule has 102 valence electrons. The van der Waals surface area contributed by atoms with Crippen molar-refractivity contribution in [1.82, 2.24) is 0 Å². The first-order valence-electron chi connectivity index (χ1n) is 5.77. The number of hydrogen-bond donors (Lipinski definition) is 1. The molecule has 0 aliphatic carbocycles. The molecule has 0 saturated carbocycles. The van der Waals surface area contributed by atoms with Crippen LogP contribution in [0.3, 0.4) is 0 Å². The normalized spacial score (nSPS) is 17.0. The van der Waals surface area contributed by atoms with Gasteiger partial charge in [-0.25, -0.2) is 4.79 Å². The maximum atomic E-state index is 11.7. The molecule has 0 saturated heterocycles. The van der Waals surface area contributed by atoms with E-state index in [9.17, 15) is 14.7 Å². The van der Waals surface area contributed by atoms with E-state index in [1.54, 1.807) is 12.1 Å². The summed E-state index contributed by atoms with van der Waals surface area (Å²) in [6, 6.07) is 2.44. The molecule has 1 N–H and O–H groups in total. The van der Waals surface area contributed by atoms with E-state index in [0.717, 1.165) is 0 Å². The summed E-state index contributed by atoms with van der Waals surface area (Å²) in [5.41, 5.74) is 1.25. The molecule has 1 aromatic rings. The fourth-order valence-electron chi connectivity index (χ4n) is 2.37. The zero-order chi connectivity index (χ0) is 14.2. The van der Waals surface area contributed by atoms with Gasteiger partial charge in [-0.15, -0.1) is 0 Å². The Balaban J connectivity index is 2.59. The minimum Gasteiger partial charge on any atom is -0.497 e. The number of carboxylic acid groups (broad SMARTS) is 1. The van der Waals surface area contributed by atoms with E-state index in [1.807, 2.05) is 0 Å². The molecule has 6 heteroatoms. The molecule has 1 amide bonds. The molecule has 0 fully saturated rings. The van der Waals surface area contributed by atoms with Gasteiger partial charge in [-0.3, -0.25) is 9.69 Å². The van der Waals surface area contributed by atoms with Crippen molar-refractivity contribution in [1.29, 1.82) is 0 Å². The second kappa shape index (κ2) is 4.79. The number of carboxylic acids is 1. The molecule has 0 bridgehead atoms. The van der Waals surface area contributed by atoms with Crippen LogP contribution in [0.1, 0.15) is 12.5 Å². The van der Waals surface area contributed by atoms with Crippen molar-refractivity contribution in [3.05, 3.63) is 17.7 Å². The number of nitrogens with zero attached hydrogens (tertiary/aromatic N) is 1. The Labute approximate surface area is 110 Å². The quantitative estimate of drug-likeness (QED) is 0.884. The number of ether oxygens (including phenoxy) is 2. The van der Waals surface area contributed by atoms with E-state index < -0.39 is 12.0 Å². The summed E-state index contributed by atoms with van der Waals surface area (Å²) in [7, 11) is 3.00. The average molecular weight is 265 g/mol. The third kappa shape index (κ3) is 2.09. The number of hydrogen-bond acceptors (Lipinski definition) is 4. The molecule has 0 aromatic heterocycles. The van der Waals surface area contributed by atoms with Gasteiger partial charge >= 0.3 is 5.97 Å². The highest BCUT2D eigenvalue weighted by Crippen LogP contribution is 2.41. The van der Waals surface area contributed by atoms with E-state index in [-0.39, 0.29) is 12.3 Å². The molecular formula is C13H15NO5. The Bertz CT molecular complexity index is 540. The SMILES string of the molecule is COc1cc(OC)c2c(c1)N(C(C)=O)C(C(=O)O)C2. The van der Waals surface area contributed by atoms with Gasteiger partial charge in [0.2, 0.25) is 5.91 Å². The summed E-state index contributed by atoms with van der Waals surface area (Å²) in [5.74, 6) is -0.300. The summed E-state index contributed by atoms with van der Waals surface area (Å²) >= 11 is 0. The first-order valence-corrected chi connectivity index (χ1v) is 5.77. The van der Waals surface area contributed by atoms with Gasteiger partial charge in [-0.2, -0.15) is 0 Å². The Kier molecular flexibility index (Phi) is 3.33. The number of fused-ring (bicyclic) bond motifs is 1. The van der Waals surface area contributed by atoms with Gasteiger partial charge in [0.15, 0.2) is 0 Å². The summed E-state index contributed by atoms with van der Waals surface area (Å²) in [5, 5.41) is 9.23. The summed E-state index contributed by atoms with van der Waals surface area (Å²) in [6.07, 6.45) is 0.234. The van der Waals surface area contributed by atoms with Crippen molar-refractivity contribution in [2.45, 2.75) is 19.4 Å². The van der Waals surface area contributed by atoms with Crippen LogP contribution >= 0.6 is 0 Å². The molecule has 2 rings (SSSR count). The number of rotatable bonds is 3. The molecule has 0 radical (unpaired) electrons. The monoisotopic (exact) mass is 265 g/mol. The Morgan fingerprint density at radius 2 is 2.00 bits per heavy atom. The first-order chi connectivity index (χ1) is 8.99. The minimum absolute atomic E-state index is 0.234. The van der Waals surface area contributed by atoms with E-state index >= 15 is 0 Å². The topological polar surface area (TPSA) is 76.1 Å². The summed E-state index contributed by atoms with van der Waals surface area (Å²) in [4.78, 5) is 24.2. The fraction of sp³-hybridized carbons (Fsp3) is 0.385. The van der Waals surface area contributed by atoms with Crippen LogP contribution in [0.4, 0.5) is 5.69 Å². The van der Waals surface area contributed by atoms with Crippen LogP contribution in [0, 0.1) is 0 Å². The van der Waals surface area contributed by atoms with Gasteiger partial charge in [0.05, 0.1) is 19.9 Å². The van der Waals surface area contributed by atoms with Crippen LogP contribution in [0.25, 0.3) is 0 Å². The minimum atomic E-state index is -1.03. The molecule has 1 aliphatic heterocycles.